The molecular weight excluding hydrogens is 372 g/mol. The van der Waals surface area contributed by atoms with Gasteiger partial charge in [-0.2, -0.15) is 5.26 Å². The Bertz CT molecular complexity index is 840. The summed E-state index contributed by atoms with van der Waals surface area (Å²) < 4.78 is 0. The van der Waals surface area contributed by atoms with Crippen LogP contribution in [0.15, 0.2) is 42.6 Å². The van der Waals surface area contributed by atoms with E-state index in [2.05, 4.69) is 9.88 Å². The number of benzene rings is 1. The number of halogens is 1. The molecule has 6 heteroatoms. The first-order valence-corrected chi connectivity index (χ1v) is 9.74. The standard InChI is InChI=1S/C22H24N4O.ClH/c23-15-20-10-9-19(16-24-20)17-5-7-18(8-6-17)22(27)26-12-2-11-25(13-14-26)21-3-1-4-21;/h5-10,16,21H,1-4,11-14H2;1H. The van der Waals surface area contributed by atoms with Crippen molar-refractivity contribution in [3.8, 4) is 17.2 Å². The van der Waals surface area contributed by atoms with Gasteiger partial charge in [0.15, 0.2) is 0 Å². The van der Waals surface area contributed by atoms with Gasteiger partial charge < -0.3 is 4.90 Å². The molecule has 1 saturated heterocycles. The Morgan fingerprint density at radius 3 is 2.32 bits per heavy atom. The van der Waals surface area contributed by atoms with Crippen molar-refractivity contribution in [1.29, 1.82) is 5.26 Å². The molecule has 2 fully saturated rings. The van der Waals surface area contributed by atoms with E-state index in [-0.39, 0.29) is 18.3 Å². The normalized spacial score (nSPS) is 17.8. The summed E-state index contributed by atoms with van der Waals surface area (Å²) in [6, 6.07) is 14.1. The number of rotatable bonds is 3. The van der Waals surface area contributed by atoms with E-state index < -0.39 is 0 Å². The van der Waals surface area contributed by atoms with Gasteiger partial charge in [0.05, 0.1) is 0 Å². The van der Waals surface area contributed by atoms with Crippen LogP contribution < -0.4 is 0 Å². The molecule has 5 nitrogen and oxygen atoms in total. The summed E-state index contributed by atoms with van der Waals surface area (Å²) in [6.07, 6.45) is 6.74. The molecule has 1 aliphatic carbocycles. The summed E-state index contributed by atoms with van der Waals surface area (Å²) in [4.78, 5) is 21.6. The molecule has 2 aliphatic rings. The molecule has 0 unspecified atom stereocenters. The minimum Gasteiger partial charge on any atom is -0.337 e. The number of hydrogen-bond acceptors (Lipinski definition) is 4. The Morgan fingerprint density at radius 1 is 0.964 bits per heavy atom. The molecular formula is C22H25ClN4O. The highest BCUT2D eigenvalue weighted by molar-refractivity contribution is 5.94. The minimum absolute atomic E-state index is 0. The molecule has 28 heavy (non-hydrogen) atoms. The van der Waals surface area contributed by atoms with E-state index in [0.717, 1.165) is 55.3 Å². The molecule has 2 aromatic rings. The summed E-state index contributed by atoms with van der Waals surface area (Å²) in [6.45, 7) is 3.75. The zero-order valence-corrected chi connectivity index (χ0v) is 16.7. The Balaban J connectivity index is 0.00000225. The van der Waals surface area contributed by atoms with E-state index in [1.807, 2.05) is 41.3 Å². The third-order valence-electron chi connectivity index (χ3n) is 5.75. The molecule has 1 aromatic heterocycles. The average Bonchev–Trinajstić information content (AvgIpc) is 2.92. The van der Waals surface area contributed by atoms with E-state index >= 15 is 0 Å². The third-order valence-corrected chi connectivity index (χ3v) is 5.75. The van der Waals surface area contributed by atoms with Crippen molar-refractivity contribution in [2.45, 2.75) is 31.7 Å². The number of amides is 1. The highest BCUT2D eigenvalue weighted by Gasteiger charge is 2.27. The Kier molecular flexibility index (Phi) is 6.66. The zero-order chi connectivity index (χ0) is 18.6. The van der Waals surface area contributed by atoms with E-state index in [1.54, 1.807) is 12.3 Å². The third kappa shape index (κ3) is 4.35. The van der Waals surface area contributed by atoms with E-state index in [1.165, 1.54) is 19.3 Å². The van der Waals surface area contributed by atoms with Crippen molar-refractivity contribution in [3.05, 3.63) is 53.9 Å². The van der Waals surface area contributed by atoms with Crippen LogP contribution in [0.2, 0.25) is 0 Å². The number of nitriles is 1. The molecule has 4 rings (SSSR count). The van der Waals surface area contributed by atoms with Crippen LogP contribution in [-0.4, -0.2) is 52.9 Å². The summed E-state index contributed by atoms with van der Waals surface area (Å²) in [5.74, 6) is 0.120. The van der Waals surface area contributed by atoms with E-state index in [9.17, 15) is 4.79 Å². The Labute approximate surface area is 172 Å². The van der Waals surface area contributed by atoms with Gasteiger partial charge in [0, 0.05) is 49.5 Å². The number of hydrogen-bond donors (Lipinski definition) is 0. The molecule has 0 radical (unpaired) electrons. The second-order valence-electron chi connectivity index (χ2n) is 7.39. The molecule has 1 aliphatic heterocycles. The SMILES string of the molecule is Cl.N#Cc1ccc(-c2ccc(C(=O)N3CCCN(C4CCC4)CC3)cc2)cn1. The van der Waals surface area contributed by atoms with Crippen molar-refractivity contribution < 1.29 is 4.79 Å². The van der Waals surface area contributed by atoms with Gasteiger partial charge >= 0.3 is 0 Å². The molecule has 2 heterocycles. The van der Waals surface area contributed by atoms with Crippen LogP contribution in [0.1, 0.15) is 41.7 Å². The predicted molar refractivity (Wildman–Crippen MR) is 111 cm³/mol. The maximum atomic E-state index is 12.9. The van der Waals surface area contributed by atoms with Gasteiger partial charge in [-0.3, -0.25) is 9.69 Å². The highest BCUT2D eigenvalue weighted by atomic mass is 35.5. The number of pyridine rings is 1. The van der Waals surface area contributed by atoms with Gasteiger partial charge in [0.2, 0.25) is 0 Å². The fourth-order valence-electron chi connectivity index (χ4n) is 3.88. The maximum absolute atomic E-state index is 12.9. The number of carbonyl (C=O) groups excluding carboxylic acids is 1. The fraction of sp³-hybridized carbons (Fsp3) is 0.409. The summed E-state index contributed by atoms with van der Waals surface area (Å²) >= 11 is 0. The zero-order valence-electron chi connectivity index (χ0n) is 15.9. The number of aromatic nitrogens is 1. The molecule has 0 bridgehead atoms. The molecule has 0 spiro atoms. The molecule has 0 N–H and O–H groups in total. The molecule has 1 amide bonds. The summed E-state index contributed by atoms with van der Waals surface area (Å²) in [7, 11) is 0. The van der Waals surface area contributed by atoms with Gasteiger partial charge in [-0.25, -0.2) is 4.98 Å². The number of carbonyl (C=O) groups is 1. The first-order valence-electron chi connectivity index (χ1n) is 9.74. The van der Waals surface area contributed by atoms with Crippen LogP contribution in [0.25, 0.3) is 11.1 Å². The second kappa shape index (κ2) is 9.18. The van der Waals surface area contributed by atoms with Crippen LogP contribution in [0, 0.1) is 11.3 Å². The van der Waals surface area contributed by atoms with Crippen molar-refractivity contribution >= 4 is 18.3 Å². The largest absolute Gasteiger partial charge is 0.337 e. The maximum Gasteiger partial charge on any atom is 0.253 e. The van der Waals surface area contributed by atoms with E-state index in [4.69, 9.17) is 5.26 Å². The van der Waals surface area contributed by atoms with Crippen LogP contribution in [0.5, 0.6) is 0 Å². The van der Waals surface area contributed by atoms with E-state index in [0.29, 0.717) is 5.69 Å². The summed E-state index contributed by atoms with van der Waals surface area (Å²) in [5, 5.41) is 8.85. The van der Waals surface area contributed by atoms with Crippen molar-refractivity contribution in [2.75, 3.05) is 26.2 Å². The minimum atomic E-state index is 0. The smallest absolute Gasteiger partial charge is 0.253 e. The van der Waals surface area contributed by atoms with Gasteiger partial charge in [-0.1, -0.05) is 18.6 Å². The lowest BCUT2D eigenvalue weighted by Gasteiger charge is -2.36. The quantitative estimate of drug-likeness (QED) is 0.792. The lowest BCUT2D eigenvalue weighted by Crippen LogP contribution is -2.42. The molecule has 1 saturated carbocycles. The first kappa shape index (κ1) is 20.3. The molecule has 1 aromatic carbocycles. The lowest BCUT2D eigenvalue weighted by molar-refractivity contribution is 0.0749. The van der Waals surface area contributed by atoms with Crippen LogP contribution >= 0.6 is 12.4 Å². The molecule has 146 valence electrons. The monoisotopic (exact) mass is 396 g/mol. The van der Waals surface area contributed by atoms with Gasteiger partial charge in [0.25, 0.3) is 5.91 Å². The highest BCUT2D eigenvalue weighted by Crippen LogP contribution is 2.26. The fourth-order valence-corrected chi connectivity index (χ4v) is 3.88. The second-order valence-corrected chi connectivity index (χ2v) is 7.39. The van der Waals surface area contributed by atoms with Crippen LogP contribution in [-0.2, 0) is 0 Å². The van der Waals surface area contributed by atoms with Crippen LogP contribution in [0.4, 0.5) is 0 Å². The average molecular weight is 397 g/mol. The Hall–Kier alpha value is -2.42. The van der Waals surface area contributed by atoms with Gasteiger partial charge in [-0.15, -0.1) is 12.4 Å². The molecule has 0 atom stereocenters. The number of nitrogens with zero attached hydrogens (tertiary/aromatic N) is 4. The Morgan fingerprint density at radius 2 is 1.71 bits per heavy atom. The first-order chi connectivity index (χ1) is 13.2. The summed E-state index contributed by atoms with van der Waals surface area (Å²) in [5.41, 5.74) is 3.08. The van der Waals surface area contributed by atoms with Crippen molar-refractivity contribution in [1.82, 2.24) is 14.8 Å². The lowest BCUT2D eigenvalue weighted by atomic mass is 9.91. The van der Waals surface area contributed by atoms with Gasteiger partial charge in [0.1, 0.15) is 11.8 Å². The van der Waals surface area contributed by atoms with Gasteiger partial charge in [-0.05, 0) is 49.1 Å². The van der Waals surface area contributed by atoms with Crippen LogP contribution in [0.3, 0.4) is 0 Å². The van der Waals surface area contributed by atoms with Crippen molar-refractivity contribution in [3.63, 3.8) is 0 Å². The van der Waals surface area contributed by atoms with Crippen molar-refractivity contribution in [2.24, 2.45) is 0 Å². The predicted octanol–water partition coefficient (Wildman–Crippen LogP) is 3.74. The topological polar surface area (TPSA) is 60.2 Å².